The topological polar surface area (TPSA) is 49.2 Å². The molecule has 6 heteroatoms. The monoisotopic (exact) mass is 281 g/mol. The molecule has 102 valence electrons. The van der Waals surface area contributed by atoms with Crippen LogP contribution in [0.3, 0.4) is 0 Å². The quantitative estimate of drug-likeness (QED) is 0.791. The summed E-state index contributed by atoms with van der Waals surface area (Å²) in [4.78, 5) is 0. The van der Waals surface area contributed by atoms with Gasteiger partial charge in [0.1, 0.15) is 5.69 Å². The van der Waals surface area contributed by atoms with Crippen molar-refractivity contribution in [3.05, 3.63) is 35.7 Å². The maximum Gasteiger partial charge on any atom is 0.161 e. The number of halogens is 1. The first-order valence-electron chi connectivity index (χ1n) is 5.89. The van der Waals surface area contributed by atoms with Gasteiger partial charge in [-0.15, -0.1) is 16.7 Å². The molecule has 1 aromatic heterocycles. The van der Waals surface area contributed by atoms with Crippen LogP contribution in [0.5, 0.6) is 11.5 Å². The van der Waals surface area contributed by atoms with Gasteiger partial charge in [-0.3, -0.25) is 0 Å². The van der Waals surface area contributed by atoms with E-state index in [9.17, 15) is 0 Å². The van der Waals surface area contributed by atoms with Crippen LogP contribution in [0.25, 0.3) is 0 Å². The molecule has 5 nitrogen and oxygen atoms in total. The number of ether oxygens (including phenoxy) is 2. The lowest BCUT2D eigenvalue weighted by atomic mass is 10.2. The second-order valence-corrected chi connectivity index (χ2v) is 4.80. The number of alkyl halides is 1. The van der Waals surface area contributed by atoms with E-state index in [0.717, 1.165) is 11.3 Å². The summed E-state index contributed by atoms with van der Waals surface area (Å²) in [6, 6.07) is 5.76. The number of hydrogen-bond acceptors (Lipinski definition) is 4. The van der Waals surface area contributed by atoms with Gasteiger partial charge in [0.15, 0.2) is 11.5 Å². The molecular weight excluding hydrogens is 266 g/mol. The Morgan fingerprint density at radius 3 is 2.58 bits per heavy atom. The van der Waals surface area contributed by atoms with E-state index in [1.165, 1.54) is 0 Å². The van der Waals surface area contributed by atoms with Crippen LogP contribution in [0.15, 0.2) is 24.4 Å². The van der Waals surface area contributed by atoms with E-state index in [-0.39, 0.29) is 5.38 Å². The van der Waals surface area contributed by atoms with E-state index in [1.54, 1.807) is 18.9 Å². The highest BCUT2D eigenvalue weighted by Crippen LogP contribution is 2.27. The molecule has 0 spiro atoms. The van der Waals surface area contributed by atoms with E-state index in [0.29, 0.717) is 18.0 Å². The first-order valence-corrected chi connectivity index (χ1v) is 6.32. The molecule has 0 aliphatic heterocycles. The summed E-state index contributed by atoms with van der Waals surface area (Å²) < 4.78 is 12.2. The van der Waals surface area contributed by atoms with Crippen molar-refractivity contribution in [3.63, 3.8) is 0 Å². The molecule has 0 saturated heterocycles. The van der Waals surface area contributed by atoms with Gasteiger partial charge in [0.25, 0.3) is 0 Å². The lowest BCUT2D eigenvalue weighted by molar-refractivity contribution is 0.354. The predicted octanol–water partition coefficient (Wildman–Crippen LogP) is 2.64. The van der Waals surface area contributed by atoms with Crippen LogP contribution in [-0.2, 0) is 6.54 Å². The van der Waals surface area contributed by atoms with Gasteiger partial charge in [0, 0.05) is 0 Å². The Morgan fingerprint density at radius 2 is 2.00 bits per heavy atom. The van der Waals surface area contributed by atoms with Crippen LogP contribution < -0.4 is 9.47 Å². The SMILES string of the molecule is COc1ccc(Cn2cc(C(C)Cl)nn2)cc1OC. The van der Waals surface area contributed by atoms with Gasteiger partial charge in [-0.25, -0.2) is 4.68 Å². The summed E-state index contributed by atoms with van der Waals surface area (Å²) in [6.07, 6.45) is 1.84. The minimum absolute atomic E-state index is 0.140. The number of benzene rings is 1. The zero-order valence-corrected chi connectivity index (χ0v) is 11.9. The van der Waals surface area contributed by atoms with Gasteiger partial charge in [-0.05, 0) is 24.6 Å². The van der Waals surface area contributed by atoms with Gasteiger partial charge < -0.3 is 9.47 Å². The van der Waals surface area contributed by atoms with Crippen LogP contribution >= 0.6 is 11.6 Å². The molecule has 1 heterocycles. The molecule has 0 N–H and O–H groups in total. The minimum atomic E-state index is -0.140. The minimum Gasteiger partial charge on any atom is -0.493 e. The highest BCUT2D eigenvalue weighted by atomic mass is 35.5. The van der Waals surface area contributed by atoms with Gasteiger partial charge in [-0.2, -0.15) is 0 Å². The Kier molecular flexibility index (Phi) is 4.27. The van der Waals surface area contributed by atoms with E-state index < -0.39 is 0 Å². The van der Waals surface area contributed by atoms with Gasteiger partial charge in [0.2, 0.25) is 0 Å². The maximum absolute atomic E-state index is 5.95. The average molecular weight is 282 g/mol. The molecule has 0 saturated carbocycles. The molecule has 2 rings (SSSR count). The van der Waals surface area contributed by atoms with Crippen LogP contribution in [0.4, 0.5) is 0 Å². The number of hydrogen-bond donors (Lipinski definition) is 0. The van der Waals surface area contributed by atoms with E-state index >= 15 is 0 Å². The van der Waals surface area contributed by atoms with Crippen molar-refractivity contribution in [1.29, 1.82) is 0 Å². The highest BCUT2D eigenvalue weighted by Gasteiger charge is 2.08. The summed E-state index contributed by atoms with van der Waals surface area (Å²) in [5, 5.41) is 7.91. The molecule has 19 heavy (non-hydrogen) atoms. The third-order valence-electron chi connectivity index (χ3n) is 2.76. The smallest absolute Gasteiger partial charge is 0.161 e. The van der Waals surface area contributed by atoms with Crippen LogP contribution in [0.1, 0.15) is 23.6 Å². The predicted molar refractivity (Wildman–Crippen MR) is 72.9 cm³/mol. The van der Waals surface area contributed by atoms with Gasteiger partial charge in [0.05, 0.1) is 32.3 Å². The Morgan fingerprint density at radius 1 is 1.26 bits per heavy atom. The first kappa shape index (κ1) is 13.7. The average Bonchev–Trinajstić information content (AvgIpc) is 2.87. The van der Waals surface area contributed by atoms with Crippen molar-refractivity contribution in [3.8, 4) is 11.5 Å². The molecule has 0 bridgehead atoms. The Labute approximate surface area is 117 Å². The third-order valence-corrected chi connectivity index (χ3v) is 2.98. The van der Waals surface area contributed by atoms with Crippen molar-refractivity contribution in [2.45, 2.75) is 18.8 Å². The van der Waals surface area contributed by atoms with Gasteiger partial charge >= 0.3 is 0 Å². The number of methoxy groups -OCH3 is 2. The third kappa shape index (κ3) is 3.17. The second kappa shape index (κ2) is 5.93. The molecule has 2 aromatic rings. The van der Waals surface area contributed by atoms with Crippen molar-refractivity contribution in [1.82, 2.24) is 15.0 Å². The molecular formula is C13H16ClN3O2. The van der Waals surface area contributed by atoms with Crippen molar-refractivity contribution >= 4 is 11.6 Å². The Hall–Kier alpha value is -1.75. The van der Waals surface area contributed by atoms with Crippen LogP contribution in [0.2, 0.25) is 0 Å². The fourth-order valence-electron chi connectivity index (χ4n) is 1.74. The normalized spacial score (nSPS) is 12.2. The van der Waals surface area contributed by atoms with Gasteiger partial charge in [-0.1, -0.05) is 11.3 Å². The summed E-state index contributed by atoms with van der Waals surface area (Å²) in [5.41, 5.74) is 1.82. The van der Waals surface area contributed by atoms with E-state index in [1.807, 2.05) is 31.3 Å². The second-order valence-electron chi connectivity index (χ2n) is 4.15. The lowest BCUT2D eigenvalue weighted by Gasteiger charge is -2.09. The van der Waals surface area contributed by atoms with Crippen molar-refractivity contribution in [2.24, 2.45) is 0 Å². The molecule has 0 aliphatic carbocycles. The van der Waals surface area contributed by atoms with E-state index in [4.69, 9.17) is 21.1 Å². The lowest BCUT2D eigenvalue weighted by Crippen LogP contribution is -2.01. The Balaban J connectivity index is 2.18. The Bertz CT molecular complexity index is 555. The summed E-state index contributed by atoms with van der Waals surface area (Å²) in [7, 11) is 3.23. The zero-order valence-electron chi connectivity index (χ0n) is 11.1. The molecule has 0 radical (unpaired) electrons. The summed E-state index contributed by atoms with van der Waals surface area (Å²) in [6.45, 7) is 2.48. The van der Waals surface area contributed by atoms with E-state index in [2.05, 4.69) is 10.3 Å². The molecule has 0 aliphatic rings. The van der Waals surface area contributed by atoms with Crippen molar-refractivity contribution < 1.29 is 9.47 Å². The molecule has 1 atom stereocenters. The number of nitrogens with zero attached hydrogens (tertiary/aromatic N) is 3. The number of aromatic nitrogens is 3. The largest absolute Gasteiger partial charge is 0.493 e. The summed E-state index contributed by atoms with van der Waals surface area (Å²) >= 11 is 5.95. The fourth-order valence-corrected chi connectivity index (χ4v) is 1.84. The summed E-state index contributed by atoms with van der Waals surface area (Å²) in [5.74, 6) is 1.41. The zero-order chi connectivity index (χ0) is 13.8. The standard InChI is InChI=1S/C13H16ClN3O2/c1-9(14)11-8-17(16-15-11)7-10-4-5-12(18-2)13(6-10)19-3/h4-6,8-9H,7H2,1-3H3. The number of rotatable bonds is 5. The van der Waals surface area contributed by atoms with Crippen molar-refractivity contribution in [2.75, 3.05) is 14.2 Å². The molecule has 0 fully saturated rings. The first-order chi connectivity index (χ1) is 9.13. The fraction of sp³-hybridized carbons (Fsp3) is 0.385. The maximum atomic E-state index is 5.95. The molecule has 0 amide bonds. The highest BCUT2D eigenvalue weighted by molar-refractivity contribution is 6.20. The van der Waals surface area contributed by atoms with Crippen LogP contribution in [-0.4, -0.2) is 29.2 Å². The molecule has 1 unspecified atom stereocenters. The molecule has 1 aromatic carbocycles. The van der Waals surface area contributed by atoms with Crippen LogP contribution in [0, 0.1) is 0 Å².